The quantitative estimate of drug-likeness (QED) is 0.784. The van der Waals surface area contributed by atoms with Crippen LogP contribution in [0.1, 0.15) is 0 Å². The van der Waals surface area contributed by atoms with Gasteiger partial charge < -0.3 is 0 Å². The van der Waals surface area contributed by atoms with Crippen LogP contribution in [0, 0.1) is 0 Å². The van der Waals surface area contributed by atoms with E-state index in [1.165, 1.54) is 12.1 Å². The van der Waals surface area contributed by atoms with Crippen molar-refractivity contribution in [1.82, 2.24) is 0 Å². The molecule has 0 saturated heterocycles. The molecule has 0 fully saturated rings. The van der Waals surface area contributed by atoms with E-state index in [0.29, 0.717) is 0 Å². The second-order valence-electron chi connectivity index (χ2n) is 2.72. The van der Waals surface area contributed by atoms with Crippen LogP contribution in [0.5, 0.6) is 0 Å². The van der Waals surface area contributed by atoms with Crippen molar-refractivity contribution < 1.29 is 12.6 Å². The number of nitrogens with zero attached hydrogens (tertiary/aromatic N) is 1. The molecule has 15 heavy (non-hydrogen) atoms. The first-order chi connectivity index (χ1) is 6.72. The summed E-state index contributed by atoms with van der Waals surface area (Å²) in [5, 5.41) is 0.189. The third-order valence-electron chi connectivity index (χ3n) is 1.48. The molecule has 4 nitrogen and oxygen atoms in total. The minimum atomic E-state index is -4.18. The number of hydrogen-bond donors (Lipinski definition) is 0. The molecule has 1 aromatic rings. The second kappa shape index (κ2) is 4.29. The van der Waals surface area contributed by atoms with Gasteiger partial charge in [0.2, 0.25) is 0 Å². The number of hydrogen-bond acceptors (Lipinski definition) is 3. The van der Waals surface area contributed by atoms with Crippen LogP contribution >= 0.6 is 22.3 Å². The average Bonchev–Trinajstić information content (AvgIpc) is 1.99. The van der Waals surface area contributed by atoms with Crippen LogP contribution in [-0.2, 0) is 19.0 Å². The Kier molecular flexibility index (Phi) is 3.65. The van der Waals surface area contributed by atoms with E-state index >= 15 is 0 Å². The zero-order valence-corrected chi connectivity index (χ0v) is 10.7. The smallest absolute Gasteiger partial charge is 0.244 e. The Morgan fingerprint density at radius 2 is 1.73 bits per heavy atom. The van der Waals surface area contributed by atoms with Crippen LogP contribution in [0.2, 0.25) is 5.02 Å². The third-order valence-corrected chi connectivity index (χ3v) is 5.45. The van der Waals surface area contributed by atoms with E-state index in [4.69, 9.17) is 22.3 Å². The first-order valence-corrected chi connectivity index (χ1v) is 8.22. The highest BCUT2D eigenvalue weighted by atomic mass is 35.7. The molecule has 0 aliphatic heterocycles. The molecule has 0 aliphatic rings. The summed E-state index contributed by atoms with van der Waals surface area (Å²) in [7, 11) is -2.41. The van der Waals surface area contributed by atoms with E-state index in [2.05, 4.69) is 3.77 Å². The molecule has 1 atom stereocenters. The molecule has 1 aromatic carbocycles. The molecule has 0 aromatic heterocycles. The summed E-state index contributed by atoms with van der Waals surface area (Å²) in [5.74, 6) is 0. The molecule has 0 aliphatic carbocycles. The van der Waals surface area contributed by atoms with Gasteiger partial charge in [-0.15, -0.1) is 0 Å². The Hall–Kier alpha value is -0.300. The molecular formula is C7H7Cl2NO3S2. The summed E-state index contributed by atoms with van der Waals surface area (Å²) in [6, 6.07) is 6.16. The Morgan fingerprint density at radius 3 is 2.20 bits per heavy atom. The van der Waals surface area contributed by atoms with E-state index in [0.717, 1.165) is 6.26 Å². The maximum Gasteiger partial charge on any atom is 0.347 e. The van der Waals surface area contributed by atoms with Crippen molar-refractivity contribution >= 4 is 41.2 Å². The van der Waals surface area contributed by atoms with Gasteiger partial charge in [0.05, 0.1) is 19.6 Å². The lowest BCUT2D eigenvalue weighted by atomic mass is 10.4. The molecule has 0 amide bonds. The highest BCUT2D eigenvalue weighted by molar-refractivity contribution is 8.17. The summed E-state index contributed by atoms with van der Waals surface area (Å²) in [5.41, 5.74) is 0. The monoisotopic (exact) mass is 287 g/mol. The average molecular weight is 288 g/mol. The Labute approximate surface area is 97.9 Å². The van der Waals surface area contributed by atoms with Crippen LogP contribution in [0.4, 0.5) is 0 Å². The van der Waals surface area contributed by atoms with Gasteiger partial charge in [0.1, 0.15) is 0 Å². The minimum absolute atomic E-state index is 0.149. The predicted octanol–water partition coefficient (Wildman–Crippen LogP) is 2.28. The molecule has 1 rings (SSSR count). The summed E-state index contributed by atoms with van der Waals surface area (Å²) in [6.07, 6.45) is 1.16. The molecule has 0 spiro atoms. The van der Waals surface area contributed by atoms with Crippen molar-refractivity contribution in [2.75, 3.05) is 6.26 Å². The van der Waals surface area contributed by atoms with Crippen LogP contribution in [0.15, 0.2) is 32.9 Å². The van der Waals surface area contributed by atoms with Crippen LogP contribution in [-0.4, -0.2) is 18.9 Å². The molecule has 0 heterocycles. The molecule has 1 unspecified atom stereocenters. The second-order valence-corrected chi connectivity index (χ2v) is 7.76. The van der Waals surface area contributed by atoms with E-state index in [9.17, 15) is 12.6 Å². The molecule has 0 N–H and O–H groups in total. The third kappa shape index (κ3) is 3.64. The van der Waals surface area contributed by atoms with Crippen molar-refractivity contribution in [1.29, 1.82) is 0 Å². The Morgan fingerprint density at radius 1 is 1.20 bits per heavy atom. The maximum absolute atomic E-state index is 11.9. The molecule has 8 heteroatoms. The fraction of sp³-hybridized carbons (Fsp3) is 0.143. The highest BCUT2D eigenvalue weighted by Gasteiger charge is 2.14. The van der Waals surface area contributed by atoms with Crippen LogP contribution < -0.4 is 0 Å². The Bertz CT molecular complexity index is 588. The van der Waals surface area contributed by atoms with Crippen molar-refractivity contribution in [3.63, 3.8) is 0 Å². The zero-order chi connectivity index (χ0) is 11.7. The van der Waals surface area contributed by atoms with Gasteiger partial charge in [0, 0.05) is 16.9 Å². The van der Waals surface area contributed by atoms with Gasteiger partial charge in [0.25, 0.3) is 0 Å². The first-order valence-electron chi connectivity index (χ1n) is 3.65. The largest absolute Gasteiger partial charge is 0.347 e. The van der Waals surface area contributed by atoms with E-state index < -0.39 is 19.0 Å². The van der Waals surface area contributed by atoms with Gasteiger partial charge in [0.15, 0.2) is 0 Å². The SMILES string of the molecule is CS(=O)(=NS(=O)(=O)Cl)c1ccccc1Cl. The minimum Gasteiger partial charge on any atom is -0.244 e. The van der Waals surface area contributed by atoms with E-state index in [1.807, 2.05) is 0 Å². The van der Waals surface area contributed by atoms with E-state index in [-0.39, 0.29) is 9.92 Å². The number of halogens is 2. The predicted molar refractivity (Wildman–Crippen MR) is 61.0 cm³/mol. The lowest BCUT2D eigenvalue weighted by Crippen LogP contribution is -2.00. The molecule has 0 bridgehead atoms. The van der Waals surface area contributed by atoms with Crippen molar-refractivity contribution in [3.8, 4) is 0 Å². The van der Waals surface area contributed by atoms with Crippen molar-refractivity contribution in [2.24, 2.45) is 3.77 Å². The summed E-state index contributed by atoms with van der Waals surface area (Å²) < 4.78 is 36.4. The van der Waals surface area contributed by atoms with E-state index in [1.54, 1.807) is 12.1 Å². The molecule has 0 saturated carbocycles. The fourth-order valence-corrected chi connectivity index (χ4v) is 4.94. The first kappa shape index (κ1) is 12.8. The zero-order valence-electron chi connectivity index (χ0n) is 7.55. The normalized spacial score (nSPS) is 15.7. The lowest BCUT2D eigenvalue weighted by Gasteiger charge is -2.04. The fourth-order valence-electron chi connectivity index (χ4n) is 0.962. The van der Waals surface area contributed by atoms with Gasteiger partial charge in [-0.1, -0.05) is 27.5 Å². The standard InChI is InChI=1S/C7H7Cl2NO3S2/c1-14(11,10-15(9,12)13)7-5-3-2-4-6(7)8/h2-5H,1H3. The maximum atomic E-state index is 11.9. The Balaban J connectivity index is 3.50. The lowest BCUT2D eigenvalue weighted by molar-refractivity contribution is 0.611. The number of benzene rings is 1. The molecule has 0 radical (unpaired) electrons. The summed E-state index contributed by atoms with van der Waals surface area (Å²) in [6.45, 7) is 0. The van der Waals surface area contributed by atoms with Crippen molar-refractivity contribution in [3.05, 3.63) is 29.3 Å². The van der Waals surface area contributed by atoms with Crippen LogP contribution in [0.25, 0.3) is 0 Å². The van der Waals surface area contributed by atoms with Gasteiger partial charge in [-0.3, -0.25) is 0 Å². The van der Waals surface area contributed by atoms with Gasteiger partial charge in [-0.05, 0) is 12.1 Å². The molecular weight excluding hydrogens is 281 g/mol. The molecule has 84 valence electrons. The van der Waals surface area contributed by atoms with Crippen LogP contribution in [0.3, 0.4) is 0 Å². The summed E-state index contributed by atoms with van der Waals surface area (Å²) >= 11 is 5.76. The van der Waals surface area contributed by atoms with Gasteiger partial charge >= 0.3 is 9.24 Å². The number of rotatable bonds is 2. The highest BCUT2D eigenvalue weighted by Crippen LogP contribution is 2.23. The van der Waals surface area contributed by atoms with Gasteiger partial charge in [-0.2, -0.15) is 8.42 Å². The summed E-state index contributed by atoms with van der Waals surface area (Å²) in [4.78, 5) is 0.149. The van der Waals surface area contributed by atoms with Crippen molar-refractivity contribution in [2.45, 2.75) is 4.90 Å². The van der Waals surface area contributed by atoms with Gasteiger partial charge in [-0.25, -0.2) is 4.21 Å². The topological polar surface area (TPSA) is 63.6 Å².